The Bertz CT molecular complexity index is 295. The maximum atomic E-state index is 11.3. The summed E-state index contributed by atoms with van der Waals surface area (Å²) in [5, 5.41) is 7.44. The van der Waals surface area contributed by atoms with Gasteiger partial charge in [0, 0.05) is 19.8 Å². The Morgan fingerprint density at radius 3 is 2.67 bits per heavy atom. The fraction of sp³-hybridized carbons (Fsp3) is 0.889. The lowest BCUT2D eigenvalue weighted by molar-refractivity contribution is 0.133. The van der Waals surface area contributed by atoms with Gasteiger partial charge in [-0.3, -0.25) is 0 Å². The van der Waals surface area contributed by atoms with Crippen molar-refractivity contribution in [3.63, 3.8) is 0 Å². The molecule has 5 nitrogen and oxygen atoms in total. The van der Waals surface area contributed by atoms with Crippen LogP contribution in [0.4, 0.5) is 0 Å². The maximum absolute atomic E-state index is 11.3. The Labute approximate surface area is 91.5 Å². The topological polar surface area (TPSA) is 79.2 Å². The van der Waals surface area contributed by atoms with E-state index in [1.807, 2.05) is 6.92 Å². The van der Waals surface area contributed by atoms with Crippen LogP contribution in [-0.4, -0.2) is 33.4 Å². The van der Waals surface area contributed by atoms with Crippen molar-refractivity contribution in [1.29, 1.82) is 5.26 Å². The van der Waals surface area contributed by atoms with Gasteiger partial charge < -0.3 is 4.74 Å². The number of hydrogen-bond donors (Lipinski definition) is 1. The highest BCUT2D eigenvalue weighted by Gasteiger charge is 2.18. The van der Waals surface area contributed by atoms with E-state index in [4.69, 9.17) is 10.00 Å². The molecule has 1 atom stereocenters. The molecule has 0 spiro atoms. The predicted octanol–water partition coefficient (Wildman–Crippen LogP) is 0.635. The van der Waals surface area contributed by atoms with Crippen LogP contribution in [-0.2, 0) is 14.8 Å². The minimum Gasteiger partial charge on any atom is -0.381 e. The number of ether oxygens (including phenoxy) is 1. The third-order valence-corrected chi connectivity index (χ3v) is 3.41. The highest BCUT2D eigenvalue weighted by Crippen LogP contribution is 1.96. The lowest BCUT2D eigenvalue weighted by atomic mass is 10.4. The average molecular weight is 234 g/mol. The third-order valence-electron chi connectivity index (χ3n) is 1.76. The zero-order valence-electron chi connectivity index (χ0n) is 9.19. The molecule has 0 fully saturated rings. The highest BCUT2D eigenvalue weighted by atomic mass is 32.2. The van der Waals surface area contributed by atoms with Gasteiger partial charge in [0.05, 0.1) is 6.07 Å². The Morgan fingerprint density at radius 2 is 2.13 bits per heavy atom. The Balaban J connectivity index is 3.64. The number of nitrogens with zero attached hydrogens (tertiary/aromatic N) is 1. The molecule has 1 N–H and O–H groups in total. The molecule has 0 radical (unpaired) electrons. The standard InChI is InChI=1S/C9H18N2O3S/c1-3-6-14-7-4-5-11-15(12,13)9(2)8-10/h9,11H,3-7H2,1-2H3. The van der Waals surface area contributed by atoms with Crippen molar-refractivity contribution in [2.24, 2.45) is 0 Å². The smallest absolute Gasteiger partial charge is 0.227 e. The second kappa shape index (κ2) is 7.63. The van der Waals surface area contributed by atoms with Crippen LogP contribution in [0.5, 0.6) is 0 Å². The molecule has 0 aromatic heterocycles. The molecule has 0 aliphatic carbocycles. The van der Waals surface area contributed by atoms with E-state index in [0.717, 1.165) is 6.42 Å². The largest absolute Gasteiger partial charge is 0.381 e. The summed E-state index contributed by atoms with van der Waals surface area (Å²) in [6.45, 7) is 4.92. The molecular formula is C9H18N2O3S. The second-order valence-corrected chi connectivity index (χ2v) is 5.26. The minimum absolute atomic E-state index is 0.318. The van der Waals surface area contributed by atoms with Gasteiger partial charge in [-0.2, -0.15) is 5.26 Å². The number of sulfonamides is 1. The lowest BCUT2D eigenvalue weighted by Gasteiger charge is -2.07. The molecule has 0 saturated heterocycles. The number of nitrogens with one attached hydrogen (secondary N) is 1. The molecule has 88 valence electrons. The summed E-state index contributed by atoms with van der Waals surface area (Å²) in [6.07, 6.45) is 1.58. The zero-order valence-corrected chi connectivity index (χ0v) is 10.0. The molecule has 0 aliphatic rings. The van der Waals surface area contributed by atoms with Gasteiger partial charge in [0.2, 0.25) is 10.0 Å². The van der Waals surface area contributed by atoms with E-state index in [1.54, 1.807) is 6.07 Å². The van der Waals surface area contributed by atoms with E-state index >= 15 is 0 Å². The number of hydrogen-bond acceptors (Lipinski definition) is 4. The zero-order chi connectivity index (χ0) is 11.7. The average Bonchev–Trinajstić information content (AvgIpc) is 2.22. The lowest BCUT2D eigenvalue weighted by Crippen LogP contribution is -2.32. The molecule has 15 heavy (non-hydrogen) atoms. The first kappa shape index (κ1) is 14.4. The third kappa shape index (κ3) is 6.44. The van der Waals surface area contributed by atoms with E-state index in [9.17, 15) is 8.42 Å². The summed E-state index contributed by atoms with van der Waals surface area (Å²) in [5.74, 6) is 0. The molecule has 6 heteroatoms. The summed E-state index contributed by atoms with van der Waals surface area (Å²) in [4.78, 5) is 0. The van der Waals surface area contributed by atoms with Gasteiger partial charge in [0.15, 0.2) is 5.25 Å². The summed E-state index contributed by atoms with van der Waals surface area (Å²) < 4.78 is 30.1. The summed E-state index contributed by atoms with van der Waals surface area (Å²) in [5.41, 5.74) is 0. The monoisotopic (exact) mass is 234 g/mol. The van der Waals surface area contributed by atoms with Gasteiger partial charge in [-0.05, 0) is 19.8 Å². The van der Waals surface area contributed by atoms with Gasteiger partial charge >= 0.3 is 0 Å². The van der Waals surface area contributed by atoms with Crippen LogP contribution in [0, 0.1) is 11.3 Å². The van der Waals surface area contributed by atoms with Gasteiger partial charge in [-0.15, -0.1) is 0 Å². The van der Waals surface area contributed by atoms with E-state index in [-0.39, 0.29) is 0 Å². The molecule has 0 aromatic rings. The van der Waals surface area contributed by atoms with Crippen molar-refractivity contribution < 1.29 is 13.2 Å². The van der Waals surface area contributed by atoms with E-state index in [0.29, 0.717) is 26.2 Å². The van der Waals surface area contributed by atoms with E-state index in [2.05, 4.69) is 4.72 Å². The number of rotatable bonds is 8. The second-order valence-electron chi connectivity index (χ2n) is 3.18. The van der Waals surface area contributed by atoms with Crippen molar-refractivity contribution in [2.45, 2.75) is 31.9 Å². The summed E-state index contributed by atoms with van der Waals surface area (Å²) in [6, 6.07) is 1.68. The Kier molecular flexibility index (Phi) is 7.30. The molecule has 0 saturated carbocycles. The first-order valence-corrected chi connectivity index (χ1v) is 6.55. The van der Waals surface area contributed by atoms with Crippen LogP contribution in [0.25, 0.3) is 0 Å². The quantitative estimate of drug-likeness (QED) is 0.625. The van der Waals surface area contributed by atoms with Gasteiger partial charge in [-0.1, -0.05) is 6.92 Å². The van der Waals surface area contributed by atoms with Crippen LogP contribution < -0.4 is 4.72 Å². The molecule has 0 aromatic carbocycles. The molecule has 1 unspecified atom stereocenters. The maximum Gasteiger partial charge on any atom is 0.227 e. The van der Waals surface area contributed by atoms with E-state index < -0.39 is 15.3 Å². The summed E-state index contributed by atoms with van der Waals surface area (Å²) in [7, 11) is -3.47. The fourth-order valence-corrected chi connectivity index (χ4v) is 1.65. The van der Waals surface area contributed by atoms with Gasteiger partial charge in [-0.25, -0.2) is 13.1 Å². The first-order chi connectivity index (χ1) is 7.04. The molecule has 0 aliphatic heterocycles. The van der Waals surface area contributed by atoms with Gasteiger partial charge in [0.25, 0.3) is 0 Å². The van der Waals surface area contributed by atoms with Crippen LogP contribution in [0.3, 0.4) is 0 Å². The SMILES string of the molecule is CCCOCCCNS(=O)(=O)C(C)C#N. The van der Waals surface area contributed by atoms with E-state index in [1.165, 1.54) is 6.92 Å². The Hall–Kier alpha value is -0.640. The van der Waals surface area contributed by atoms with Crippen molar-refractivity contribution in [3.8, 4) is 6.07 Å². The van der Waals surface area contributed by atoms with Crippen molar-refractivity contribution in [3.05, 3.63) is 0 Å². The van der Waals surface area contributed by atoms with Crippen molar-refractivity contribution >= 4 is 10.0 Å². The van der Waals surface area contributed by atoms with Crippen LogP contribution in [0.1, 0.15) is 26.7 Å². The number of nitriles is 1. The molecule has 0 heterocycles. The molecular weight excluding hydrogens is 216 g/mol. The fourth-order valence-electron chi connectivity index (χ4n) is 0.829. The first-order valence-electron chi connectivity index (χ1n) is 5.00. The minimum atomic E-state index is -3.47. The summed E-state index contributed by atoms with van der Waals surface area (Å²) >= 11 is 0. The molecule has 0 rings (SSSR count). The van der Waals surface area contributed by atoms with Crippen molar-refractivity contribution in [2.75, 3.05) is 19.8 Å². The van der Waals surface area contributed by atoms with Crippen molar-refractivity contribution in [1.82, 2.24) is 4.72 Å². The molecule has 0 amide bonds. The van der Waals surface area contributed by atoms with Crippen LogP contribution >= 0.6 is 0 Å². The molecule has 0 bridgehead atoms. The van der Waals surface area contributed by atoms with Crippen LogP contribution in [0.2, 0.25) is 0 Å². The predicted molar refractivity (Wildman–Crippen MR) is 57.7 cm³/mol. The van der Waals surface area contributed by atoms with Crippen LogP contribution in [0.15, 0.2) is 0 Å². The van der Waals surface area contributed by atoms with Gasteiger partial charge in [0.1, 0.15) is 0 Å². The Morgan fingerprint density at radius 1 is 1.47 bits per heavy atom. The highest BCUT2D eigenvalue weighted by molar-refractivity contribution is 7.90. The normalized spacial score (nSPS) is 13.4.